The highest BCUT2D eigenvalue weighted by Crippen LogP contribution is 2.24. The zero-order valence-corrected chi connectivity index (χ0v) is 7.69. The Morgan fingerprint density at radius 1 is 1.27 bits per heavy atom. The van der Waals surface area contributed by atoms with E-state index in [1.165, 1.54) is 0 Å². The van der Waals surface area contributed by atoms with E-state index in [9.17, 15) is 13.2 Å². The first kappa shape index (κ1) is 10.4. The zero-order valence-electron chi connectivity index (χ0n) is 7.69. The Bertz CT molecular complexity index is 395. The molecule has 1 heterocycles. The van der Waals surface area contributed by atoms with Crippen LogP contribution in [0.3, 0.4) is 0 Å². The first-order valence-corrected chi connectivity index (χ1v) is 4.40. The molecule has 0 spiro atoms. The van der Waals surface area contributed by atoms with Crippen molar-refractivity contribution >= 4 is 13.3 Å². The summed E-state index contributed by atoms with van der Waals surface area (Å²) in [5.74, 6) is -4.34. The van der Waals surface area contributed by atoms with Crippen LogP contribution in [-0.2, 0) is 0 Å². The van der Waals surface area contributed by atoms with E-state index < -0.39 is 28.7 Å². The molecule has 1 N–H and O–H groups in total. The van der Waals surface area contributed by atoms with Crippen LogP contribution in [0.5, 0.6) is 5.75 Å². The zero-order chi connectivity index (χ0) is 11.0. The van der Waals surface area contributed by atoms with Gasteiger partial charge in [-0.25, -0.2) is 8.78 Å². The molecule has 1 aromatic rings. The number of ether oxygens (including phenoxy) is 1. The Kier molecular flexibility index (Phi) is 2.60. The Morgan fingerprint density at radius 2 is 1.93 bits per heavy atom. The fourth-order valence-electron chi connectivity index (χ4n) is 1.22. The topological polar surface area (TPSA) is 21.3 Å². The van der Waals surface area contributed by atoms with Gasteiger partial charge >= 0.3 is 0 Å². The molecule has 1 fully saturated rings. The second-order valence-electron chi connectivity index (χ2n) is 3.30. The van der Waals surface area contributed by atoms with Gasteiger partial charge in [-0.1, -0.05) is 5.46 Å². The summed E-state index contributed by atoms with van der Waals surface area (Å²) in [7, 11) is 5.04. The molecule has 0 saturated carbocycles. The monoisotopic (exact) mass is 213 g/mol. The fraction of sp³-hybridized carbons (Fsp3) is 0.333. The van der Waals surface area contributed by atoms with Gasteiger partial charge in [0.1, 0.15) is 14.0 Å². The minimum absolute atomic E-state index is 0.322. The van der Waals surface area contributed by atoms with Crippen LogP contribution in [0, 0.1) is 17.5 Å². The summed E-state index contributed by atoms with van der Waals surface area (Å²) in [5, 5.41) is 2.86. The van der Waals surface area contributed by atoms with Gasteiger partial charge in [-0.05, 0) is 6.07 Å². The van der Waals surface area contributed by atoms with E-state index in [-0.39, 0.29) is 6.10 Å². The van der Waals surface area contributed by atoms with Crippen molar-refractivity contribution in [2.75, 3.05) is 13.1 Å². The maximum atomic E-state index is 13.2. The lowest BCUT2D eigenvalue weighted by Gasteiger charge is -2.28. The summed E-state index contributed by atoms with van der Waals surface area (Å²) in [6.07, 6.45) is -0.322. The molecule has 0 aromatic heterocycles. The fourth-order valence-corrected chi connectivity index (χ4v) is 1.22. The Morgan fingerprint density at radius 3 is 2.47 bits per heavy atom. The molecule has 1 aliphatic rings. The van der Waals surface area contributed by atoms with Gasteiger partial charge in [0, 0.05) is 13.1 Å². The van der Waals surface area contributed by atoms with Crippen LogP contribution in [0.15, 0.2) is 6.07 Å². The lowest BCUT2D eigenvalue weighted by Crippen LogP contribution is -2.50. The van der Waals surface area contributed by atoms with E-state index in [2.05, 4.69) is 5.32 Å². The quantitative estimate of drug-likeness (QED) is 0.561. The van der Waals surface area contributed by atoms with Crippen LogP contribution >= 0.6 is 0 Å². The van der Waals surface area contributed by atoms with Gasteiger partial charge in [0.25, 0.3) is 0 Å². The highest BCUT2D eigenvalue weighted by Gasteiger charge is 2.24. The largest absolute Gasteiger partial charge is 0.482 e. The third-order valence-electron chi connectivity index (χ3n) is 2.17. The molecule has 1 aliphatic heterocycles. The smallest absolute Gasteiger partial charge is 0.203 e. The molecule has 6 heteroatoms. The van der Waals surface area contributed by atoms with Gasteiger partial charge in [0.2, 0.25) is 5.82 Å². The summed E-state index contributed by atoms with van der Waals surface area (Å²) < 4.78 is 44.3. The van der Waals surface area contributed by atoms with Crippen LogP contribution in [0.1, 0.15) is 0 Å². The number of nitrogens with one attached hydrogen (secondary N) is 1. The van der Waals surface area contributed by atoms with Gasteiger partial charge in [-0.2, -0.15) is 4.39 Å². The first-order chi connectivity index (χ1) is 7.09. The molecule has 0 unspecified atom stereocenters. The van der Waals surface area contributed by atoms with Crippen molar-refractivity contribution < 1.29 is 17.9 Å². The van der Waals surface area contributed by atoms with E-state index in [0.717, 1.165) is 0 Å². The molecular weight excluding hydrogens is 206 g/mol. The number of benzene rings is 1. The maximum absolute atomic E-state index is 13.2. The molecule has 0 aliphatic carbocycles. The van der Waals surface area contributed by atoms with Crippen LogP contribution in [0.2, 0.25) is 0 Å². The van der Waals surface area contributed by atoms with Gasteiger partial charge in [0.05, 0.1) is 0 Å². The predicted molar refractivity (Wildman–Crippen MR) is 49.0 cm³/mol. The standard InChI is InChI=1S/C9H7BF3NO/c10-5-1-6(11)9(8(13)7(5)12)15-4-2-14-3-4/h1,4,14H,2-3H2. The summed E-state index contributed by atoms with van der Waals surface area (Å²) in [6.45, 7) is 0.982. The lowest BCUT2D eigenvalue weighted by molar-refractivity contribution is 0.129. The summed E-state index contributed by atoms with van der Waals surface area (Å²) >= 11 is 0. The van der Waals surface area contributed by atoms with Gasteiger partial charge in [-0.3, -0.25) is 0 Å². The van der Waals surface area contributed by atoms with E-state index in [1.54, 1.807) is 0 Å². The van der Waals surface area contributed by atoms with Crippen LogP contribution < -0.4 is 15.5 Å². The third-order valence-corrected chi connectivity index (χ3v) is 2.17. The molecule has 2 radical (unpaired) electrons. The SMILES string of the molecule is [B]c1cc(F)c(OC2CNC2)c(F)c1F. The van der Waals surface area contributed by atoms with Crippen LogP contribution in [0.25, 0.3) is 0 Å². The molecule has 15 heavy (non-hydrogen) atoms. The molecule has 1 saturated heterocycles. The van der Waals surface area contributed by atoms with E-state index in [4.69, 9.17) is 12.6 Å². The number of halogens is 3. The first-order valence-electron chi connectivity index (χ1n) is 4.40. The van der Waals surface area contributed by atoms with E-state index in [1.807, 2.05) is 0 Å². The van der Waals surface area contributed by atoms with E-state index >= 15 is 0 Å². The Hall–Kier alpha value is -1.17. The normalized spacial score (nSPS) is 16.2. The third kappa shape index (κ3) is 1.81. The van der Waals surface area contributed by atoms with Gasteiger partial charge in [-0.15, -0.1) is 0 Å². The van der Waals surface area contributed by atoms with Crippen LogP contribution in [-0.4, -0.2) is 27.0 Å². The molecule has 78 valence electrons. The number of hydrogen-bond donors (Lipinski definition) is 1. The average molecular weight is 213 g/mol. The molecular formula is C9H7BF3NO. The van der Waals surface area contributed by atoms with Crippen molar-refractivity contribution in [3.8, 4) is 5.75 Å². The highest BCUT2D eigenvalue weighted by atomic mass is 19.2. The van der Waals surface area contributed by atoms with Crippen molar-refractivity contribution in [1.82, 2.24) is 5.32 Å². The second-order valence-corrected chi connectivity index (χ2v) is 3.30. The molecule has 0 bridgehead atoms. The second kappa shape index (κ2) is 3.77. The Labute approximate surface area is 85.8 Å². The molecule has 2 nitrogen and oxygen atoms in total. The number of hydrogen-bond acceptors (Lipinski definition) is 2. The minimum Gasteiger partial charge on any atom is -0.482 e. The molecule has 0 atom stereocenters. The van der Waals surface area contributed by atoms with Crippen molar-refractivity contribution in [2.24, 2.45) is 0 Å². The van der Waals surface area contributed by atoms with Crippen molar-refractivity contribution in [3.63, 3.8) is 0 Å². The van der Waals surface area contributed by atoms with Gasteiger partial charge < -0.3 is 10.1 Å². The lowest BCUT2D eigenvalue weighted by atomic mass is 9.95. The summed E-state index contributed by atoms with van der Waals surface area (Å²) in [4.78, 5) is 0. The molecule has 2 rings (SSSR count). The minimum atomic E-state index is -1.38. The number of rotatable bonds is 2. The molecule has 0 amide bonds. The maximum Gasteiger partial charge on any atom is 0.203 e. The summed E-state index contributed by atoms with van der Waals surface area (Å²) in [6, 6.07) is 0.708. The van der Waals surface area contributed by atoms with E-state index in [0.29, 0.717) is 19.2 Å². The summed E-state index contributed by atoms with van der Waals surface area (Å²) in [5.41, 5.74) is -0.566. The van der Waals surface area contributed by atoms with Crippen molar-refractivity contribution in [1.29, 1.82) is 0 Å². The highest BCUT2D eigenvalue weighted by molar-refractivity contribution is 6.32. The predicted octanol–water partition coefficient (Wildman–Crippen LogP) is 0.248. The van der Waals surface area contributed by atoms with Crippen molar-refractivity contribution in [3.05, 3.63) is 23.5 Å². The Balaban J connectivity index is 2.32. The molecule has 1 aromatic carbocycles. The van der Waals surface area contributed by atoms with Crippen molar-refractivity contribution in [2.45, 2.75) is 6.10 Å². The van der Waals surface area contributed by atoms with Gasteiger partial charge in [0.15, 0.2) is 17.4 Å². The van der Waals surface area contributed by atoms with Crippen LogP contribution in [0.4, 0.5) is 13.2 Å². The average Bonchev–Trinajstić information content (AvgIpc) is 2.11.